The number of hydrogen-bond donors (Lipinski definition) is 1. The third-order valence-corrected chi connectivity index (χ3v) is 3.65. The molecule has 2 aromatic carbocycles. The molecule has 106 valence electrons. The lowest BCUT2D eigenvalue weighted by atomic mass is 10.1. The fourth-order valence-corrected chi connectivity index (χ4v) is 2.62. The van der Waals surface area contributed by atoms with Crippen LogP contribution in [0.15, 0.2) is 63.5 Å². The van der Waals surface area contributed by atoms with Crippen molar-refractivity contribution in [3.05, 3.63) is 70.8 Å². The highest BCUT2D eigenvalue weighted by Gasteiger charge is 2.25. The SMILES string of the molecule is COC1=NC(=NC2=NC(=N)c3ccccc32)c2ccccc21. The Morgan fingerprint density at radius 3 is 2.23 bits per heavy atom. The molecule has 5 heteroatoms. The van der Waals surface area contributed by atoms with Gasteiger partial charge in [-0.05, 0) is 6.07 Å². The molecular formula is C17H12N4O. The molecule has 2 aliphatic rings. The van der Waals surface area contributed by atoms with E-state index < -0.39 is 0 Å². The van der Waals surface area contributed by atoms with Crippen molar-refractivity contribution in [1.29, 1.82) is 5.41 Å². The van der Waals surface area contributed by atoms with Crippen LogP contribution >= 0.6 is 0 Å². The number of nitrogens with zero attached hydrogens (tertiary/aromatic N) is 3. The van der Waals surface area contributed by atoms with Crippen molar-refractivity contribution in [1.82, 2.24) is 0 Å². The predicted octanol–water partition coefficient (Wildman–Crippen LogP) is 2.63. The van der Waals surface area contributed by atoms with E-state index in [-0.39, 0.29) is 5.84 Å². The van der Waals surface area contributed by atoms with Gasteiger partial charge in [-0.1, -0.05) is 42.5 Å². The van der Waals surface area contributed by atoms with Gasteiger partial charge in [0.05, 0.1) is 7.11 Å². The van der Waals surface area contributed by atoms with Gasteiger partial charge in [0, 0.05) is 22.3 Å². The standard InChI is InChI=1S/C17H12N4O/c1-22-17-13-9-5-4-8-12(13)16(21-17)20-15-11-7-3-2-6-10(11)14(18)19-15/h2-9,18H,1H3. The zero-order valence-electron chi connectivity index (χ0n) is 11.9. The minimum Gasteiger partial charge on any atom is -0.480 e. The van der Waals surface area contributed by atoms with Gasteiger partial charge in [0.15, 0.2) is 17.5 Å². The Labute approximate surface area is 127 Å². The molecule has 2 aromatic rings. The zero-order chi connectivity index (χ0) is 15.1. The molecule has 0 fully saturated rings. The molecule has 0 saturated carbocycles. The molecule has 4 rings (SSSR count). The number of fused-ring (bicyclic) bond motifs is 2. The van der Waals surface area contributed by atoms with E-state index in [0.717, 1.165) is 22.3 Å². The van der Waals surface area contributed by atoms with Gasteiger partial charge in [-0.15, -0.1) is 0 Å². The Bertz CT molecular complexity index is 893. The van der Waals surface area contributed by atoms with E-state index in [2.05, 4.69) is 15.0 Å². The summed E-state index contributed by atoms with van der Waals surface area (Å²) in [5.74, 6) is 1.87. The second-order valence-electron chi connectivity index (χ2n) is 4.93. The Kier molecular flexibility index (Phi) is 2.72. The molecule has 0 spiro atoms. The molecule has 0 unspecified atom stereocenters. The molecule has 2 heterocycles. The molecule has 5 nitrogen and oxygen atoms in total. The van der Waals surface area contributed by atoms with E-state index in [9.17, 15) is 0 Å². The van der Waals surface area contributed by atoms with Crippen molar-refractivity contribution in [2.75, 3.05) is 7.11 Å². The van der Waals surface area contributed by atoms with Crippen molar-refractivity contribution in [2.45, 2.75) is 0 Å². The van der Waals surface area contributed by atoms with Crippen molar-refractivity contribution >= 4 is 23.4 Å². The normalized spacial score (nSPS) is 17.1. The Morgan fingerprint density at radius 1 is 0.864 bits per heavy atom. The summed E-state index contributed by atoms with van der Waals surface area (Å²) in [6.07, 6.45) is 0. The lowest BCUT2D eigenvalue weighted by Gasteiger charge is -2.00. The number of nitrogens with one attached hydrogen (secondary N) is 1. The summed E-state index contributed by atoms with van der Waals surface area (Å²) in [6, 6.07) is 15.4. The van der Waals surface area contributed by atoms with Gasteiger partial charge in [-0.3, -0.25) is 5.41 Å². The van der Waals surface area contributed by atoms with Crippen LogP contribution in [0.1, 0.15) is 22.3 Å². The number of rotatable bonds is 0. The lowest BCUT2D eigenvalue weighted by molar-refractivity contribution is 0.406. The molecular weight excluding hydrogens is 276 g/mol. The van der Waals surface area contributed by atoms with Crippen LogP contribution < -0.4 is 0 Å². The van der Waals surface area contributed by atoms with Crippen LogP contribution in [0.5, 0.6) is 0 Å². The van der Waals surface area contributed by atoms with Gasteiger partial charge < -0.3 is 4.74 Å². The Balaban J connectivity index is 1.84. The highest BCUT2D eigenvalue weighted by atomic mass is 16.5. The highest BCUT2D eigenvalue weighted by molar-refractivity contribution is 6.28. The monoisotopic (exact) mass is 288 g/mol. The van der Waals surface area contributed by atoms with Crippen LogP contribution in [0.3, 0.4) is 0 Å². The van der Waals surface area contributed by atoms with Crippen molar-refractivity contribution in [3.63, 3.8) is 0 Å². The minimum absolute atomic E-state index is 0.233. The van der Waals surface area contributed by atoms with Crippen LogP contribution in [-0.4, -0.2) is 30.5 Å². The van der Waals surface area contributed by atoms with Crippen LogP contribution in [0, 0.1) is 5.41 Å². The van der Waals surface area contributed by atoms with Crippen molar-refractivity contribution < 1.29 is 4.74 Å². The first-order valence-electron chi connectivity index (χ1n) is 6.86. The number of aliphatic imine (C=N–C) groups is 3. The number of methoxy groups -OCH3 is 1. The molecule has 2 aliphatic heterocycles. The van der Waals surface area contributed by atoms with Gasteiger partial charge in [0.1, 0.15) is 0 Å². The molecule has 1 N–H and O–H groups in total. The van der Waals surface area contributed by atoms with Gasteiger partial charge >= 0.3 is 0 Å². The maximum Gasteiger partial charge on any atom is 0.223 e. The summed E-state index contributed by atoms with van der Waals surface area (Å²) in [7, 11) is 1.59. The number of benzene rings is 2. The summed E-state index contributed by atoms with van der Waals surface area (Å²) < 4.78 is 5.31. The fourth-order valence-electron chi connectivity index (χ4n) is 2.62. The first kappa shape index (κ1) is 12.6. The topological polar surface area (TPSA) is 70.2 Å². The molecule has 0 aromatic heterocycles. The van der Waals surface area contributed by atoms with E-state index in [1.165, 1.54) is 0 Å². The second-order valence-corrected chi connectivity index (χ2v) is 4.93. The second kappa shape index (κ2) is 4.73. The van der Waals surface area contributed by atoms with E-state index in [1.807, 2.05) is 48.5 Å². The van der Waals surface area contributed by atoms with E-state index >= 15 is 0 Å². The fraction of sp³-hybridized carbons (Fsp3) is 0.0588. The average molecular weight is 288 g/mol. The Hall–Kier alpha value is -3.08. The first-order valence-corrected chi connectivity index (χ1v) is 6.86. The molecule has 0 saturated heterocycles. The van der Waals surface area contributed by atoms with Crippen molar-refractivity contribution in [2.24, 2.45) is 15.0 Å². The molecule has 0 amide bonds. The van der Waals surface area contributed by atoms with Crippen molar-refractivity contribution in [3.8, 4) is 0 Å². The quantitative estimate of drug-likeness (QED) is 0.795. The largest absolute Gasteiger partial charge is 0.480 e. The third kappa shape index (κ3) is 1.79. The minimum atomic E-state index is 0.233. The van der Waals surface area contributed by atoms with E-state index in [1.54, 1.807) is 7.11 Å². The van der Waals surface area contributed by atoms with E-state index in [4.69, 9.17) is 10.1 Å². The van der Waals surface area contributed by atoms with Gasteiger partial charge in [0.2, 0.25) is 5.90 Å². The number of amidine groups is 3. The summed E-state index contributed by atoms with van der Waals surface area (Å²) in [5.41, 5.74) is 3.49. The summed E-state index contributed by atoms with van der Waals surface area (Å²) in [4.78, 5) is 13.2. The summed E-state index contributed by atoms with van der Waals surface area (Å²) in [5, 5.41) is 7.94. The number of hydrogen-bond acceptors (Lipinski definition) is 3. The summed E-state index contributed by atoms with van der Waals surface area (Å²) >= 11 is 0. The number of ether oxygens (including phenoxy) is 1. The molecule has 22 heavy (non-hydrogen) atoms. The van der Waals surface area contributed by atoms with E-state index in [0.29, 0.717) is 17.6 Å². The average Bonchev–Trinajstić information content (AvgIpc) is 3.07. The highest BCUT2D eigenvalue weighted by Crippen LogP contribution is 2.23. The lowest BCUT2D eigenvalue weighted by Crippen LogP contribution is -2.01. The molecule has 0 aliphatic carbocycles. The zero-order valence-corrected chi connectivity index (χ0v) is 11.9. The third-order valence-electron chi connectivity index (χ3n) is 3.65. The molecule has 0 bridgehead atoms. The molecule has 0 atom stereocenters. The van der Waals surface area contributed by atoms with Gasteiger partial charge in [0.25, 0.3) is 0 Å². The first-order chi connectivity index (χ1) is 10.8. The van der Waals surface area contributed by atoms with Crippen LogP contribution in [-0.2, 0) is 4.74 Å². The van der Waals surface area contributed by atoms with Crippen LogP contribution in [0.4, 0.5) is 0 Å². The predicted molar refractivity (Wildman–Crippen MR) is 86.3 cm³/mol. The summed E-state index contributed by atoms with van der Waals surface area (Å²) in [6.45, 7) is 0. The van der Waals surface area contributed by atoms with Gasteiger partial charge in [-0.25, -0.2) is 9.98 Å². The maximum absolute atomic E-state index is 7.94. The molecule has 0 radical (unpaired) electrons. The van der Waals surface area contributed by atoms with Gasteiger partial charge in [-0.2, -0.15) is 4.99 Å². The van der Waals surface area contributed by atoms with Crippen LogP contribution in [0.2, 0.25) is 0 Å². The Morgan fingerprint density at radius 2 is 1.50 bits per heavy atom. The van der Waals surface area contributed by atoms with Crippen LogP contribution in [0.25, 0.3) is 0 Å². The smallest absolute Gasteiger partial charge is 0.223 e. The maximum atomic E-state index is 7.94.